The Bertz CT molecular complexity index is 532. The molecule has 0 unspecified atom stereocenters. The summed E-state index contributed by atoms with van der Waals surface area (Å²) in [6.07, 6.45) is 5.16. The number of nitrogens with zero attached hydrogens (tertiary/aromatic N) is 1. The molecule has 68 valence electrons. The lowest BCUT2D eigenvalue weighted by atomic mass is 10.2. The molecule has 0 atom stereocenters. The second-order valence-electron chi connectivity index (χ2n) is 2.85. The van der Waals surface area contributed by atoms with Gasteiger partial charge < -0.3 is 4.98 Å². The lowest BCUT2D eigenvalue weighted by Crippen LogP contribution is -1.71. The minimum absolute atomic E-state index is 1.03. The number of hydrogen-bond acceptors (Lipinski definition) is 0. The molecule has 0 radical (unpaired) electrons. The Balaban J connectivity index is 2.68. The fraction of sp³-hybridized carbons (Fsp3) is 0. The Labute approximate surface area is 90.2 Å². The number of halogens is 1. The molecule has 1 aromatic carbocycles. The summed E-state index contributed by atoms with van der Waals surface area (Å²) in [5, 5.41) is 1.12. The summed E-state index contributed by atoms with van der Waals surface area (Å²) in [4.78, 5) is 6.34. The van der Waals surface area contributed by atoms with Crippen LogP contribution < -0.4 is 0 Å². The molecule has 1 N–H and O–H groups in total. The molecule has 1 aromatic heterocycles. The Morgan fingerprint density at radius 3 is 3.07 bits per heavy atom. The first kappa shape index (κ1) is 9.04. The molecule has 0 aliphatic heterocycles. The van der Waals surface area contributed by atoms with E-state index in [0.717, 1.165) is 20.9 Å². The van der Waals surface area contributed by atoms with E-state index in [4.69, 9.17) is 6.57 Å². The molecule has 0 saturated carbocycles. The van der Waals surface area contributed by atoms with E-state index in [9.17, 15) is 0 Å². The Kier molecular flexibility index (Phi) is 2.38. The van der Waals surface area contributed by atoms with E-state index in [0.29, 0.717) is 0 Å². The van der Waals surface area contributed by atoms with Crippen LogP contribution in [0.1, 0.15) is 5.56 Å². The number of H-pyrrole nitrogens is 1. The average Bonchev–Trinajstić information content (AvgIpc) is 2.59. The molecule has 1 heterocycles. The quantitative estimate of drug-likeness (QED) is 0.739. The van der Waals surface area contributed by atoms with Crippen LogP contribution in [0.5, 0.6) is 0 Å². The largest absolute Gasteiger partial charge is 0.361 e. The first-order valence-corrected chi connectivity index (χ1v) is 4.91. The van der Waals surface area contributed by atoms with Crippen molar-refractivity contribution >= 4 is 32.9 Å². The molecule has 0 bridgehead atoms. The molecule has 14 heavy (non-hydrogen) atoms. The molecule has 0 aliphatic carbocycles. The SMILES string of the molecule is [C-]#[N+]C=Cc1c[nH]c2cccc(Br)c12. The minimum Gasteiger partial charge on any atom is -0.361 e. The van der Waals surface area contributed by atoms with Crippen LogP contribution in [0.3, 0.4) is 0 Å². The Hall–Kier alpha value is -1.53. The van der Waals surface area contributed by atoms with Crippen molar-refractivity contribution in [1.82, 2.24) is 4.98 Å². The number of fused-ring (bicyclic) bond motifs is 1. The van der Waals surface area contributed by atoms with Crippen molar-refractivity contribution in [2.45, 2.75) is 0 Å². The summed E-state index contributed by atoms with van der Waals surface area (Å²) in [5.74, 6) is 0. The zero-order chi connectivity index (χ0) is 9.97. The van der Waals surface area contributed by atoms with Crippen LogP contribution >= 0.6 is 15.9 Å². The highest BCUT2D eigenvalue weighted by molar-refractivity contribution is 9.10. The van der Waals surface area contributed by atoms with Gasteiger partial charge in [-0.05, 0) is 17.7 Å². The van der Waals surface area contributed by atoms with Crippen molar-refractivity contribution in [1.29, 1.82) is 0 Å². The predicted molar refractivity (Wildman–Crippen MR) is 61.6 cm³/mol. The standard InChI is InChI=1S/C11H7BrN2/c1-13-6-5-8-7-14-10-4-2-3-9(12)11(8)10/h2-7,14H. The zero-order valence-electron chi connectivity index (χ0n) is 7.29. The van der Waals surface area contributed by atoms with Gasteiger partial charge in [0.15, 0.2) is 6.20 Å². The van der Waals surface area contributed by atoms with E-state index in [2.05, 4.69) is 25.8 Å². The van der Waals surface area contributed by atoms with E-state index >= 15 is 0 Å². The molecule has 0 saturated heterocycles. The molecular formula is C11H7BrN2. The van der Waals surface area contributed by atoms with Crippen LogP contribution in [-0.4, -0.2) is 4.98 Å². The highest BCUT2D eigenvalue weighted by atomic mass is 79.9. The monoisotopic (exact) mass is 246 g/mol. The van der Waals surface area contributed by atoms with Gasteiger partial charge in [0, 0.05) is 21.6 Å². The van der Waals surface area contributed by atoms with Gasteiger partial charge in [-0.1, -0.05) is 28.1 Å². The summed E-state index contributed by atoms with van der Waals surface area (Å²) in [6.45, 7) is 6.68. The fourth-order valence-electron chi connectivity index (χ4n) is 1.41. The summed E-state index contributed by atoms with van der Waals surface area (Å²) in [6, 6.07) is 5.98. The predicted octanol–water partition coefficient (Wildman–Crippen LogP) is 3.82. The van der Waals surface area contributed by atoms with E-state index < -0.39 is 0 Å². The minimum atomic E-state index is 1.03. The van der Waals surface area contributed by atoms with Crippen molar-refractivity contribution in [2.24, 2.45) is 0 Å². The van der Waals surface area contributed by atoms with Crippen LogP contribution in [0, 0.1) is 6.57 Å². The van der Waals surface area contributed by atoms with Gasteiger partial charge in [0.25, 0.3) is 0 Å². The number of benzene rings is 1. The van der Waals surface area contributed by atoms with Gasteiger partial charge in [0.1, 0.15) is 0 Å². The Morgan fingerprint density at radius 1 is 1.43 bits per heavy atom. The van der Waals surface area contributed by atoms with Crippen molar-refractivity contribution in [2.75, 3.05) is 0 Å². The molecule has 0 amide bonds. The van der Waals surface area contributed by atoms with Gasteiger partial charge in [-0.25, -0.2) is 4.85 Å². The highest BCUT2D eigenvalue weighted by Gasteiger charge is 2.03. The number of aromatic amines is 1. The first-order chi connectivity index (χ1) is 6.83. The molecule has 0 fully saturated rings. The maximum atomic E-state index is 6.68. The fourth-order valence-corrected chi connectivity index (χ4v) is 2.01. The maximum Gasteiger partial charge on any atom is 0.154 e. The van der Waals surface area contributed by atoms with Crippen molar-refractivity contribution in [3.63, 3.8) is 0 Å². The van der Waals surface area contributed by atoms with Crippen molar-refractivity contribution in [3.05, 3.63) is 52.0 Å². The molecule has 3 heteroatoms. The van der Waals surface area contributed by atoms with Gasteiger partial charge in [0.05, 0.1) is 6.57 Å². The van der Waals surface area contributed by atoms with Crippen molar-refractivity contribution in [3.8, 4) is 0 Å². The Morgan fingerprint density at radius 2 is 2.29 bits per heavy atom. The number of aromatic nitrogens is 1. The van der Waals surface area contributed by atoms with Crippen LogP contribution in [-0.2, 0) is 0 Å². The van der Waals surface area contributed by atoms with Crippen LogP contribution in [0.15, 0.2) is 35.1 Å². The third kappa shape index (κ3) is 1.45. The second-order valence-corrected chi connectivity index (χ2v) is 3.71. The third-order valence-corrected chi connectivity index (χ3v) is 2.67. The topological polar surface area (TPSA) is 20.1 Å². The van der Waals surface area contributed by atoms with Crippen LogP contribution in [0.4, 0.5) is 0 Å². The van der Waals surface area contributed by atoms with Crippen LogP contribution in [0.25, 0.3) is 21.8 Å². The molecule has 0 aliphatic rings. The summed E-state index contributed by atoms with van der Waals surface area (Å²) in [7, 11) is 0. The lowest BCUT2D eigenvalue weighted by Gasteiger charge is -1.94. The van der Waals surface area contributed by atoms with E-state index in [1.807, 2.05) is 24.4 Å². The van der Waals surface area contributed by atoms with Gasteiger partial charge >= 0.3 is 0 Å². The first-order valence-electron chi connectivity index (χ1n) is 4.11. The van der Waals surface area contributed by atoms with Crippen LogP contribution in [0.2, 0.25) is 0 Å². The van der Waals surface area contributed by atoms with E-state index in [1.54, 1.807) is 6.08 Å². The molecular weight excluding hydrogens is 240 g/mol. The van der Waals surface area contributed by atoms with E-state index in [-0.39, 0.29) is 0 Å². The third-order valence-electron chi connectivity index (χ3n) is 2.01. The second kappa shape index (κ2) is 3.69. The van der Waals surface area contributed by atoms with Gasteiger partial charge in [-0.3, -0.25) is 0 Å². The smallest absolute Gasteiger partial charge is 0.154 e. The molecule has 0 spiro atoms. The van der Waals surface area contributed by atoms with E-state index in [1.165, 1.54) is 6.20 Å². The molecule has 2 rings (SSSR count). The lowest BCUT2D eigenvalue weighted by molar-refractivity contribution is 1.47. The van der Waals surface area contributed by atoms with Gasteiger partial charge in [-0.2, -0.15) is 0 Å². The average molecular weight is 247 g/mol. The number of hydrogen-bond donors (Lipinski definition) is 1. The highest BCUT2D eigenvalue weighted by Crippen LogP contribution is 2.27. The normalized spacial score (nSPS) is 10.9. The molecule has 2 nitrogen and oxygen atoms in total. The maximum absolute atomic E-state index is 6.68. The number of nitrogens with one attached hydrogen (secondary N) is 1. The van der Waals surface area contributed by atoms with Crippen molar-refractivity contribution < 1.29 is 0 Å². The number of rotatable bonds is 1. The summed E-state index contributed by atoms with van der Waals surface area (Å²) < 4.78 is 1.04. The van der Waals surface area contributed by atoms with Gasteiger partial charge in [-0.15, -0.1) is 0 Å². The summed E-state index contributed by atoms with van der Waals surface area (Å²) >= 11 is 3.49. The summed E-state index contributed by atoms with van der Waals surface area (Å²) in [5.41, 5.74) is 2.10. The zero-order valence-corrected chi connectivity index (χ0v) is 8.88. The molecule has 2 aromatic rings. The van der Waals surface area contributed by atoms with Gasteiger partial charge in [0.2, 0.25) is 0 Å².